The monoisotopic (exact) mass is 634 g/mol. The van der Waals surface area contributed by atoms with Crippen molar-refractivity contribution in [1.82, 2.24) is 20.3 Å². The molecule has 1 atom stereocenters. The van der Waals surface area contributed by atoms with Crippen LogP contribution in [0.15, 0.2) is 101 Å². The van der Waals surface area contributed by atoms with E-state index in [1.807, 2.05) is 113 Å². The molecule has 0 spiro atoms. The molecule has 3 N–H and O–H groups in total. The van der Waals surface area contributed by atoms with Crippen LogP contribution in [0.5, 0.6) is 0 Å². The number of nitrogens with one attached hydrogen (secondary N) is 3. The van der Waals surface area contributed by atoms with Crippen LogP contribution in [0.2, 0.25) is 0 Å². The van der Waals surface area contributed by atoms with Gasteiger partial charge in [0.1, 0.15) is 17.7 Å². The van der Waals surface area contributed by atoms with Crippen LogP contribution in [0.3, 0.4) is 0 Å². The maximum atomic E-state index is 13.4. The summed E-state index contributed by atoms with van der Waals surface area (Å²) in [5.41, 5.74) is 3.80. The molecule has 236 valence electrons. The Bertz CT molecular complexity index is 1840. The molecule has 0 saturated carbocycles. The van der Waals surface area contributed by atoms with E-state index in [2.05, 4.69) is 39.8 Å². The van der Waals surface area contributed by atoms with E-state index in [0.29, 0.717) is 28.4 Å². The highest BCUT2D eigenvalue weighted by Crippen LogP contribution is 2.37. The fourth-order valence-corrected chi connectivity index (χ4v) is 5.51. The van der Waals surface area contributed by atoms with E-state index >= 15 is 0 Å². The van der Waals surface area contributed by atoms with Gasteiger partial charge in [0.25, 0.3) is 5.91 Å². The molecule has 0 aliphatic heterocycles. The van der Waals surface area contributed by atoms with Gasteiger partial charge in [-0.15, -0.1) is 0 Å². The number of nitrogens with zero attached hydrogens (tertiary/aromatic N) is 3. The number of fused-ring (bicyclic) bond motifs is 1. The first kappa shape index (κ1) is 32.4. The van der Waals surface area contributed by atoms with Crippen LogP contribution in [0.25, 0.3) is 11.0 Å². The quantitative estimate of drug-likeness (QED) is 0.147. The molecule has 0 unspecified atom stereocenters. The fourth-order valence-electron chi connectivity index (χ4n) is 4.62. The van der Waals surface area contributed by atoms with Crippen molar-refractivity contribution < 1.29 is 14.3 Å². The first-order valence-corrected chi connectivity index (χ1v) is 15.9. The Kier molecular flexibility index (Phi) is 9.87. The number of carbonyl (C=O) groups is 2. The molecule has 2 heterocycles. The topological polar surface area (TPSA) is 118 Å². The highest BCUT2D eigenvalue weighted by atomic mass is 32.2. The predicted octanol–water partition coefficient (Wildman–Crippen LogP) is 8.88. The second-order valence-corrected chi connectivity index (χ2v) is 13.3. The van der Waals surface area contributed by atoms with Crippen molar-refractivity contribution in [1.29, 1.82) is 0 Å². The highest BCUT2D eigenvalue weighted by Gasteiger charge is 2.18. The largest absolute Gasteiger partial charge is 0.444 e. The normalized spacial score (nSPS) is 12.1. The minimum absolute atomic E-state index is 0.168. The van der Waals surface area contributed by atoms with Crippen molar-refractivity contribution in [2.24, 2.45) is 0 Å². The van der Waals surface area contributed by atoms with E-state index in [4.69, 9.17) is 9.72 Å². The minimum atomic E-state index is -0.590. The van der Waals surface area contributed by atoms with Crippen LogP contribution in [-0.2, 0) is 4.74 Å². The van der Waals surface area contributed by atoms with Crippen LogP contribution in [-0.4, -0.2) is 32.6 Å². The summed E-state index contributed by atoms with van der Waals surface area (Å²) < 4.78 is 5.36. The molecular formula is C36H38N6O3S. The zero-order chi connectivity index (χ0) is 32.8. The lowest BCUT2D eigenvalue weighted by atomic mass is 10.1. The van der Waals surface area contributed by atoms with Gasteiger partial charge in [0.2, 0.25) is 0 Å². The molecule has 2 amide bonds. The van der Waals surface area contributed by atoms with E-state index in [9.17, 15) is 9.59 Å². The summed E-state index contributed by atoms with van der Waals surface area (Å²) in [6, 6.07) is 26.7. The van der Waals surface area contributed by atoms with Crippen molar-refractivity contribution in [3.63, 3.8) is 0 Å². The van der Waals surface area contributed by atoms with Gasteiger partial charge < -0.3 is 15.4 Å². The molecule has 46 heavy (non-hydrogen) atoms. The van der Waals surface area contributed by atoms with Gasteiger partial charge in [-0.25, -0.2) is 19.7 Å². The van der Waals surface area contributed by atoms with Gasteiger partial charge in [-0.3, -0.25) is 10.1 Å². The number of anilines is 3. The molecule has 2 aromatic heterocycles. The SMILES string of the molecule is CC(C)c1ccc2c(Nc3cc(C(=O)N[C@H](C)c4ccccc4)ccc3Sc3ccc(NC(=O)OC(C)(C)C)cc3)ncnc2n1. The molecule has 10 heteroatoms. The first-order valence-electron chi connectivity index (χ1n) is 15.1. The van der Waals surface area contributed by atoms with E-state index in [1.165, 1.54) is 18.1 Å². The molecule has 0 bridgehead atoms. The van der Waals surface area contributed by atoms with Crippen molar-refractivity contribution in [3.8, 4) is 0 Å². The van der Waals surface area contributed by atoms with Crippen molar-refractivity contribution in [2.75, 3.05) is 10.6 Å². The lowest BCUT2D eigenvalue weighted by Crippen LogP contribution is -2.27. The number of pyridine rings is 1. The molecule has 0 aliphatic rings. The van der Waals surface area contributed by atoms with Gasteiger partial charge in [-0.2, -0.15) is 0 Å². The minimum Gasteiger partial charge on any atom is -0.444 e. The van der Waals surface area contributed by atoms with Crippen LogP contribution < -0.4 is 16.0 Å². The van der Waals surface area contributed by atoms with Crippen LogP contribution in [0, 0.1) is 0 Å². The summed E-state index contributed by atoms with van der Waals surface area (Å²) in [6.45, 7) is 11.6. The lowest BCUT2D eigenvalue weighted by molar-refractivity contribution is 0.0635. The molecule has 3 aromatic carbocycles. The third-order valence-corrected chi connectivity index (χ3v) is 8.06. The number of ether oxygens (including phenoxy) is 1. The van der Waals surface area contributed by atoms with Gasteiger partial charge in [0.15, 0.2) is 5.65 Å². The standard InChI is InChI=1S/C36H38N6O3S/c1-22(2)29-18-17-28-32(41-29)37-21-38-33(28)42-30-20-25(34(43)39-23(3)24-10-8-7-9-11-24)12-19-31(30)46-27-15-13-26(14-16-27)40-35(44)45-36(4,5)6/h7-23H,1-6H3,(H,39,43)(H,40,44)(H,37,38,41,42)/t23-/m1/s1. The van der Waals surface area contributed by atoms with E-state index in [-0.39, 0.29) is 17.9 Å². The number of rotatable bonds is 9. The fraction of sp³-hybridized carbons (Fsp3) is 0.250. The molecule has 0 saturated heterocycles. The Hall–Kier alpha value is -4.96. The molecular weight excluding hydrogens is 597 g/mol. The molecule has 5 aromatic rings. The van der Waals surface area contributed by atoms with Crippen LogP contribution in [0.4, 0.5) is 22.0 Å². The smallest absolute Gasteiger partial charge is 0.412 e. The summed E-state index contributed by atoms with van der Waals surface area (Å²) in [5.74, 6) is 0.657. The second kappa shape index (κ2) is 14.0. The number of amides is 2. The van der Waals surface area contributed by atoms with Crippen LogP contribution >= 0.6 is 11.8 Å². The number of hydrogen-bond donors (Lipinski definition) is 3. The molecule has 0 fully saturated rings. The summed E-state index contributed by atoms with van der Waals surface area (Å²) in [5, 5.41) is 10.1. The summed E-state index contributed by atoms with van der Waals surface area (Å²) >= 11 is 1.52. The van der Waals surface area contributed by atoms with E-state index < -0.39 is 11.7 Å². The zero-order valence-corrected chi connectivity index (χ0v) is 27.6. The van der Waals surface area contributed by atoms with Gasteiger partial charge in [-0.05, 0) is 93.8 Å². The summed E-state index contributed by atoms with van der Waals surface area (Å²) in [4.78, 5) is 41.1. The number of carbonyl (C=O) groups excluding carboxylic acids is 2. The Morgan fingerprint density at radius 3 is 2.30 bits per heavy atom. The Morgan fingerprint density at radius 2 is 1.61 bits per heavy atom. The summed E-state index contributed by atoms with van der Waals surface area (Å²) in [7, 11) is 0. The third kappa shape index (κ3) is 8.39. The van der Waals surface area contributed by atoms with Crippen LogP contribution in [0.1, 0.15) is 75.1 Å². The Balaban J connectivity index is 1.43. The number of aromatic nitrogens is 3. The maximum Gasteiger partial charge on any atom is 0.412 e. The van der Waals surface area contributed by atoms with E-state index in [1.54, 1.807) is 0 Å². The van der Waals surface area contributed by atoms with Crippen molar-refractivity contribution in [3.05, 3.63) is 108 Å². The molecule has 9 nitrogen and oxygen atoms in total. The second-order valence-electron chi connectivity index (χ2n) is 12.2. The summed E-state index contributed by atoms with van der Waals surface area (Å²) in [6.07, 6.45) is 0.977. The average Bonchev–Trinajstić information content (AvgIpc) is 3.02. The highest BCUT2D eigenvalue weighted by molar-refractivity contribution is 7.99. The zero-order valence-electron chi connectivity index (χ0n) is 26.8. The Morgan fingerprint density at radius 1 is 0.870 bits per heavy atom. The lowest BCUT2D eigenvalue weighted by Gasteiger charge is -2.19. The molecule has 0 radical (unpaired) electrons. The van der Waals surface area contributed by atoms with Gasteiger partial charge in [-0.1, -0.05) is 55.9 Å². The number of hydrogen-bond acceptors (Lipinski definition) is 8. The van der Waals surface area contributed by atoms with Crippen molar-refractivity contribution >= 4 is 52.0 Å². The van der Waals surface area contributed by atoms with E-state index in [0.717, 1.165) is 26.4 Å². The Labute approximate surface area is 273 Å². The maximum absolute atomic E-state index is 13.4. The number of benzene rings is 3. The third-order valence-electron chi connectivity index (χ3n) is 6.98. The molecule has 0 aliphatic carbocycles. The van der Waals surface area contributed by atoms with Gasteiger partial charge in [0.05, 0.1) is 17.1 Å². The van der Waals surface area contributed by atoms with Crippen molar-refractivity contribution in [2.45, 2.75) is 68.9 Å². The molecule has 5 rings (SSSR count). The van der Waals surface area contributed by atoms with Gasteiger partial charge in [0, 0.05) is 26.7 Å². The predicted molar refractivity (Wildman–Crippen MR) is 184 cm³/mol. The average molecular weight is 635 g/mol. The first-order chi connectivity index (χ1) is 21.9. The van der Waals surface area contributed by atoms with Gasteiger partial charge >= 0.3 is 6.09 Å².